The lowest BCUT2D eigenvalue weighted by molar-refractivity contribution is 0.449. The van der Waals surface area contributed by atoms with Gasteiger partial charge in [-0.2, -0.15) is 4.98 Å². The molecule has 0 saturated heterocycles. The van der Waals surface area contributed by atoms with E-state index in [4.69, 9.17) is 0 Å². The van der Waals surface area contributed by atoms with Crippen molar-refractivity contribution in [3.05, 3.63) is 36.5 Å². The van der Waals surface area contributed by atoms with Gasteiger partial charge >= 0.3 is 0 Å². The number of anilines is 3. The first-order chi connectivity index (χ1) is 10.2. The number of hydrogen-bond donors (Lipinski definition) is 2. The maximum atomic E-state index is 13.8. The molecule has 1 atom stereocenters. The molecule has 8 heteroatoms. The Labute approximate surface area is 121 Å². The minimum Gasteiger partial charge on any atom is -0.344 e. The van der Waals surface area contributed by atoms with Crippen molar-refractivity contribution < 1.29 is 4.39 Å². The first-order valence-corrected chi connectivity index (χ1v) is 6.40. The number of likely N-dealkylation sites (N-methyl/N-ethyl adjacent to an activating group) is 1. The molecule has 3 rings (SSSR count). The van der Waals surface area contributed by atoms with Gasteiger partial charge in [0.25, 0.3) is 0 Å². The summed E-state index contributed by atoms with van der Waals surface area (Å²) in [5.41, 5.74) is 0.655. The van der Waals surface area contributed by atoms with E-state index in [0.717, 1.165) is 6.20 Å². The van der Waals surface area contributed by atoms with Crippen molar-refractivity contribution >= 4 is 23.8 Å². The molecule has 0 amide bonds. The summed E-state index contributed by atoms with van der Waals surface area (Å²) < 4.78 is 13.8. The summed E-state index contributed by atoms with van der Waals surface area (Å²) in [4.78, 5) is 18.1. The molecule has 0 fully saturated rings. The van der Waals surface area contributed by atoms with Crippen LogP contribution in [0.4, 0.5) is 21.8 Å². The highest BCUT2D eigenvalue weighted by atomic mass is 19.1. The molecular weight excluding hydrogens is 273 g/mol. The number of nitrogens with one attached hydrogen (secondary N) is 2. The van der Waals surface area contributed by atoms with Crippen LogP contribution in [-0.4, -0.2) is 45.9 Å². The summed E-state index contributed by atoms with van der Waals surface area (Å²) in [5.74, 6) is -0.0901. The maximum absolute atomic E-state index is 13.8. The Hall–Kier alpha value is -2.77. The van der Waals surface area contributed by atoms with Gasteiger partial charge in [-0.05, 0) is 12.1 Å². The van der Waals surface area contributed by atoms with E-state index in [1.165, 1.54) is 0 Å². The van der Waals surface area contributed by atoms with Crippen LogP contribution < -0.4 is 10.6 Å². The molecule has 0 aliphatic carbocycles. The Morgan fingerprint density at radius 2 is 2.29 bits per heavy atom. The van der Waals surface area contributed by atoms with Gasteiger partial charge in [0.05, 0.1) is 31.0 Å². The molecule has 0 saturated carbocycles. The highest BCUT2D eigenvalue weighted by Gasteiger charge is 2.18. The molecule has 2 aromatic rings. The van der Waals surface area contributed by atoms with Crippen molar-refractivity contribution in [2.45, 2.75) is 6.17 Å². The van der Waals surface area contributed by atoms with Crippen LogP contribution in [0, 0.1) is 5.82 Å². The fraction of sp³-hybridized carbons (Fsp3) is 0.231. The highest BCUT2D eigenvalue weighted by Crippen LogP contribution is 2.18. The number of hydrogen-bond acceptors (Lipinski definition) is 7. The fourth-order valence-electron chi connectivity index (χ4n) is 1.88. The molecule has 0 bridgehead atoms. The minimum absolute atomic E-state index is 0.0262. The zero-order valence-corrected chi connectivity index (χ0v) is 11.4. The molecule has 1 aliphatic rings. The molecule has 1 aliphatic heterocycles. The number of aromatic nitrogens is 3. The first kappa shape index (κ1) is 13.2. The zero-order valence-electron chi connectivity index (χ0n) is 11.4. The quantitative estimate of drug-likeness (QED) is 0.886. The van der Waals surface area contributed by atoms with E-state index in [1.54, 1.807) is 30.9 Å². The molecule has 2 aromatic heterocycles. The van der Waals surface area contributed by atoms with Crippen molar-refractivity contribution in [1.29, 1.82) is 0 Å². The van der Waals surface area contributed by atoms with E-state index < -0.39 is 5.82 Å². The normalized spacial score (nSPS) is 17.0. The van der Waals surface area contributed by atoms with E-state index in [9.17, 15) is 4.39 Å². The van der Waals surface area contributed by atoms with Crippen LogP contribution in [-0.2, 0) is 0 Å². The number of aliphatic imine (C=N–C) groups is 1. The minimum atomic E-state index is -0.527. The average molecular weight is 287 g/mol. The fourth-order valence-corrected chi connectivity index (χ4v) is 1.88. The van der Waals surface area contributed by atoms with Gasteiger partial charge in [-0.25, -0.2) is 9.37 Å². The van der Waals surface area contributed by atoms with Gasteiger partial charge in [0.2, 0.25) is 5.95 Å². The second-order valence-electron chi connectivity index (χ2n) is 4.56. The SMILES string of the molecule is CN1C=NCC1Nc1ncc(F)c(Nc2cccnc2)n1. The van der Waals surface area contributed by atoms with E-state index >= 15 is 0 Å². The number of nitrogens with zero attached hydrogens (tertiary/aromatic N) is 5. The number of halogens is 1. The average Bonchev–Trinajstić information content (AvgIpc) is 2.89. The van der Waals surface area contributed by atoms with E-state index in [0.29, 0.717) is 18.2 Å². The topological polar surface area (TPSA) is 78.3 Å². The summed E-state index contributed by atoms with van der Waals surface area (Å²) in [5, 5.41) is 5.98. The van der Waals surface area contributed by atoms with Crippen LogP contribution in [0.15, 0.2) is 35.7 Å². The van der Waals surface area contributed by atoms with Crippen LogP contribution in [0.25, 0.3) is 0 Å². The Balaban J connectivity index is 1.76. The monoisotopic (exact) mass is 287 g/mol. The van der Waals surface area contributed by atoms with E-state index in [2.05, 4.69) is 30.6 Å². The number of pyridine rings is 1. The second kappa shape index (κ2) is 5.70. The van der Waals surface area contributed by atoms with Gasteiger partial charge in [-0.15, -0.1) is 0 Å². The Morgan fingerprint density at radius 1 is 1.38 bits per heavy atom. The third-order valence-electron chi connectivity index (χ3n) is 3.00. The van der Waals surface area contributed by atoms with E-state index in [1.807, 2.05) is 11.9 Å². The molecule has 1 unspecified atom stereocenters. The van der Waals surface area contributed by atoms with Crippen LogP contribution in [0.3, 0.4) is 0 Å². The smallest absolute Gasteiger partial charge is 0.226 e. The lowest BCUT2D eigenvalue weighted by atomic mass is 10.4. The summed E-state index contributed by atoms with van der Waals surface area (Å²) in [6, 6.07) is 3.53. The predicted octanol–water partition coefficient (Wildman–Crippen LogP) is 1.47. The van der Waals surface area contributed by atoms with Crippen LogP contribution in [0.2, 0.25) is 0 Å². The van der Waals surface area contributed by atoms with E-state index in [-0.39, 0.29) is 12.0 Å². The Bertz CT molecular complexity index is 646. The largest absolute Gasteiger partial charge is 0.344 e. The molecule has 0 spiro atoms. The molecule has 2 N–H and O–H groups in total. The highest BCUT2D eigenvalue weighted by molar-refractivity contribution is 5.59. The molecule has 7 nitrogen and oxygen atoms in total. The van der Waals surface area contributed by atoms with Crippen LogP contribution in [0.1, 0.15) is 0 Å². The summed E-state index contributed by atoms with van der Waals surface area (Å²) in [6.07, 6.45) is 6.07. The predicted molar refractivity (Wildman–Crippen MR) is 78.0 cm³/mol. The molecule has 3 heterocycles. The molecule has 0 aromatic carbocycles. The molecule has 108 valence electrons. The summed E-state index contributed by atoms with van der Waals surface area (Å²) in [7, 11) is 1.90. The zero-order chi connectivity index (χ0) is 14.7. The standard InChI is InChI=1S/C13H14FN7/c1-21-8-16-7-11(21)19-13-17-6-10(14)12(20-13)18-9-3-2-4-15-5-9/h2-6,8,11H,7H2,1H3,(H2,17,18,19,20). The summed E-state index contributed by atoms with van der Waals surface area (Å²) in [6.45, 7) is 0.600. The number of rotatable bonds is 4. The third kappa shape index (κ3) is 3.04. The van der Waals surface area contributed by atoms with Crippen molar-refractivity contribution in [1.82, 2.24) is 19.9 Å². The van der Waals surface area contributed by atoms with Gasteiger partial charge in [0, 0.05) is 13.2 Å². The first-order valence-electron chi connectivity index (χ1n) is 6.40. The van der Waals surface area contributed by atoms with Crippen molar-refractivity contribution in [2.24, 2.45) is 4.99 Å². The van der Waals surface area contributed by atoms with Gasteiger partial charge in [-0.1, -0.05) is 0 Å². The Morgan fingerprint density at radius 3 is 3.00 bits per heavy atom. The lowest BCUT2D eigenvalue weighted by Crippen LogP contribution is -2.35. The second-order valence-corrected chi connectivity index (χ2v) is 4.56. The van der Waals surface area contributed by atoms with Crippen LogP contribution >= 0.6 is 0 Å². The van der Waals surface area contributed by atoms with Gasteiger partial charge in [0.1, 0.15) is 6.17 Å². The van der Waals surface area contributed by atoms with Gasteiger partial charge in [0.15, 0.2) is 11.6 Å². The third-order valence-corrected chi connectivity index (χ3v) is 3.00. The van der Waals surface area contributed by atoms with Crippen molar-refractivity contribution in [3.8, 4) is 0 Å². The Kier molecular flexibility index (Phi) is 3.59. The maximum Gasteiger partial charge on any atom is 0.226 e. The summed E-state index contributed by atoms with van der Waals surface area (Å²) >= 11 is 0. The molecule has 21 heavy (non-hydrogen) atoms. The molecular formula is C13H14FN7. The lowest BCUT2D eigenvalue weighted by Gasteiger charge is -2.20. The van der Waals surface area contributed by atoms with Crippen molar-refractivity contribution in [3.63, 3.8) is 0 Å². The van der Waals surface area contributed by atoms with Gasteiger partial charge < -0.3 is 15.5 Å². The van der Waals surface area contributed by atoms with Gasteiger partial charge in [-0.3, -0.25) is 9.98 Å². The van der Waals surface area contributed by atoms with Crippen molar-refractivity contribution in [2.75, 3.05) is 24.2 Å². The van der Waals surface area contributed by atoms with Crippen LogP contribution in [0.5, 0.6) is 0 Å². The molecule has 0 radical (unpaired) electrons.